The molecule has 0 aromatic heterocycles. The third kappa shape index (κ3) is 9.83. The lowest BCUT2D eigenvalue weighted by molar-refractivity contribution is 0.197. The highest BCUT2D eigenvalue weighted by atomic mass is 79.9. The lowest BCUT2D eigenvalue weighted by Gasteiger charge is -2.21. The highest BCUT2D eigenvalue weighted by Crippen LogP contribution is 2.44. The van der Waals surface area contributed by atoms with Crippen molar-refractivity contribution < 1.29 is 18.7 Å². The van der Waals surface area contributed by atoms with Crippen molar-refractivity contribution in [3.05, 3.63) is 0 Å². The summed E-state index contributed by atoms with van der Waals surface area (Å²) < 4.78 is 22.8. The topological polar surface area (TPSA) is 67.8 Å². The van der Waals surface area contributed by atoms with Gasteiger partial charge in [-0.3, -0.25) is 9.05 Å². The van der Waals surface area contributed by atoms with Gasteiger partial charge in [-0.25, -0.2) is 9.65 Å². The van der Waals surface area contributed by atoms with Gasteiger partial charge in [-0.15, -0.1) is 0 Å². The highest BCUT2D eigenvalue weighted by Gasteiger charge is 2.26. The monoisotopic (exact) mass is 537 g/mol. The lowest BCUT2D eigenvalue weighted by Crippen LogP contribution is -2.23. The van der Waals surface area contributed by atoms with E-state index < -0.39 is 7.75 Å². The molecule has 0 aromatic rings. The highest BCUT2D eigenvalue weighted by molar-refractivity contribution is 9.12. The quantitative estimate of drug-likeness (QED) is 0.312. The first-order valence-electron chi connectivity index (χ1n) is 5.12. The van der Waals surface area contributed by atoms with Gasteiger partial charge in [-0.1, -0.05) is 63.7 Å². The van der Waals surface area contributed by atoms with Gasteiger partial charge < -0.3 is 5.11 Å². The van der Waals surface area contributed by atoms with Crippen molar-refractivity contribution in [2.75, 3.05) is 37.0 Å². The van der Waals surface area contributed by atoms with Crippen molar-refractivity contribution in [2.45, 2.75) is 9.65 Å². The van der Waals surface area contributed by atoms with Crippen LogP contribution in [0.2, 0.25) is 0 Å². The Morgan fingerprint density at radius 2 is 1.56 bits per heavy atom. The summed E-state index contributed by atoms with van der Waals surface area (Å²) in [6, 6.07) is 0. The molecule has 5 nitrogen and oxygen atoms in total. The van der Waals surface area contributed by atoms with Gasteiger partial charge >= 0.3 is 7.75 Å². The summed E-state index contributed by atoms with van der Waals surface area (Å²) in [5, 5.41) is 12.7. The summed E-state index contributed by atoms with van der Waals surface area (Å²) in [6.45, 7) is 0.493. The first-order valence-corrected chi connectivity index (χ1v) is 10.7. The molecule has 0 aliphatic rings. The van der Waals surface area contributed by atoms with E-state index in [9.17, 15) is 4.57 Å². The summed E-state index contributed by atoms with van der Waals surface area (Å²) in [5.41, 5.74) is 0. The van der Waals surface area contributed by atoms with Crippen molar-refractivity contribution >= 4 is 71.5 Å². The molecule has 0 aliphatic heterocycles. The summed E-state index contributed by atoms with van der Waals surface area (Å²) in [6.07, 6.45) is 0. The molecule has 0 spiro atoms. The summed E-state index contributed by atoms with van der Waals surface area (Å²) >= 11 is 13.3. The van der Waals surface area contributed by atoms with E-state index in [-0.39, 0.29) is 36.0 Å². The SMILES string of the molecule is O=P(NCCO)(OC[C@H](Br)CBr)OC[C@H](Br)CBr. The van der Waals surface area contributed by atoms with Crippen molar-refractivity contribution in [1.82, 2.24) is 5.09 Å². The molecule has 0 saturated heterocycles. The molecular weight excluding hydrogens is 525 g/mol. The van der Waals surface area contributed by atoms with Crippen LogP contribution in [0.25, 0.3) is 0 Å². The number of hydrogen-bond acceptors (Lipinski definition) is 4. The predicted molar refractivity (Wildman–Crippen MR) is 87.6 cm³/mol. The van der Waals surface area contributed by atoms with E-state index in [2.05, 4.69) is 68.8 Å². The number of nitrogens with one attached hydrogen (secondary N) is 1. The van der Waals surface area contributed by atoms with Crippen LogP contribution in [0.1, 0.15) is 0 Å². The minimum atomic E-state index is -3.38. The van der Waals surface area contributed by atoms with Crippen molar-refractivity contribution in [3.8, 4) is 0 Å². The van der Waals surface area contributed by atoms with Crippen LogP contribution in [-0.4, -0.2) is 51.8 Å². The van der Waals surface area contributed by atoms with Gasteiger partial charge in [-0.2, -0.15) is 0 Å². The Hall–Kier alpha value is 1.99. The molecule has 2 atom stereocenters. The molecule has 0 saturated carbocycles. The van der Waals surface area contributed by atoms with Crippen LogP contribution in [0, 0.1) is 0 Å². The molecule has 18 heavy (non-hydrogen) atoms. The molecular formula is C8H16Br4NO4P. The maximum absolute atomic E-state index is 12.3. The fraction of sp³-hybridized carbons (Fsp3) is 1.00. The molecule has 0 aliphatic carbocycles. The molecule has 0 heterocycles. The van der Waals surface area contributed by atoms with Crippen LogP contribution in [0.5, 0.6) is 0 Å². The van der Waals surface area contributed by atoms with Gasteiger partial charge in [-0.05, 0) is 0 Å². The second-order valence-electron chi connectivity index (χ2n) is 3.22. The van der Waals surface area contributed by atoms with Crippen LogP contribution in [0.15, 0.2) is 0 Å². The molecule has 0 unspecified atom stereocenters. The molecule has 110 valence electrons. The minimum Gasteiger partial charge on any atom is -0.395 e. The van der Waals surface area contributed by atoms with Gasteiger partial charge in [0.25, 0.3) is 0 Å². The Bertz CT molecular complexity index is 243. The Labute approximate surface area is 141 Å². The van der Waals surface area contributed by atoms with E-state index in [4.69, 9.17) is 14.2 Å². The molecule has 0 radical (unpaired) electrons. The van der Waals surface area contributed by atoms with E-state index in [1.54, 1.807) is 0 Å². The number of hydrogen-bond donors (Lipinski definition) is 2. The second-order valence-corrected chi connectivity index (χ2v) is 8.94. The zero-order valence-electron chi connectivity index (χ0n) is 9.53. The van der Waals surface area contributed by atoms with Crippen molar-refractivity contribution in [2.24, 2.45) is 0 Å². The molecule has 0 bridgehead atoms. The van der Waals surface area contributed by atoms with Gasteiger partial charge in [0.2, 0.25) is 0 Å². The van der Waals surface area contributed by atoms with Gasteiger partial charge in [0.15, 0.2) is 0 Å². The van der Waals surface area contributed by atoms with E-state index in [1.807, 2.05) is 0 Å². The normalized spacial score (nSPS) is 15.6. The summed E-state index contributed by atoms with van der Waals surface area (Å²) in [5.74, 6) is 0. The third-order valence-electron chi connectivity index (χ3n) is 1.60. The summed E-state index contributed by atoms with van der Waals surface area (Å²) in [7, 11) is -3.38. The van der Waals surface area contributed by atoms with Crippen LogP contribution in [0.3, 0.4) is 0 Å². The molecule has 0 fully saturated rings. The Balaban J connectivity index is 4.28. The van der Waals surface area contributed by atoms with E-state index in [0.29, 0.717) is 10.7 Å². The largest absolute Gasteiger partial charge is 0.405 e. The molecule has 10 heteroatoms. The van der Waals surface area contributed by atoms with Gasteiger partial charge in [0, 0.05) is 26.9 Å². The second kappa shape index (κ2) is 11.6. The van der Waals surface area contributed by atoms with Gasteiger partial charge in [0.1, 0.15) is 0 Å². The Morgan fingerprint density at radius 1 is 1.11 bits per heavy atom. The average Bonchev–Trinajstić information content (AvgIpc) is 2.40. The maximum Gasteiger partial charge on any atom is 0.405 e. The Kier molecular flexibility index (Phi) is 12.9. The fourth-order valence-corrected chi connectivity index (χ4v) is 3.19. The van der Waals surface area contributed by atoms with Crippen LogP contribution < -0.4 is 5.09 Å². The zero-order chi connectivity index (χ0) is 14.0. The average molecular weight is 541 g/mol. The van der Waals surface area contributed by atoms with Crippen LogP contribution in [0.4, 0.5) is 0 Å². The van der Waals surface area contributed by atoms with Crippen LogP contribution >= 0.6 is 71.5 Å². The number of halogens is 4. The van der Waals surface area contributed by atoms with E-state index >= 15 is 0 Å². The predicted octanol–water partition coefficient (Wildman–Crippen LogP) is 3.03. The van der Waals surface area contributed by atoms with Gasteiger partial charge in [0.05, 0.1) is 19.8 Å². The smallest absolute Gasteiger partial charge is 0.395 e. The van der Waals surface area contributed by atoms with Crippen molar-refractivity contribution in [3.63, 3.8) is 0 Å². The van der Waals surface area contributed by atoms with E-state index in [1.165, 1.54) is 0 Å². The molecule has 0 aromatic carbocycles. The number of alkyl halides is 4. The summed E-state index contributed by atoms with van der Waals surface area (Å²) in [4.78, 5) is 0.0857. The lowest BCUT2D eigenvalue weighted by atomic mass is 10.5. The number of aliphatic hydroxyl groups is 1. The third-order valence-corrected chi connectivity index (χ3v) is 7.67. The van der Waals surface area contributed by atoms with E-state index in [0.717, 1.165) is 0 Å². The van der Waals surface area contributed by atoms with Crippen LogP contribution in [-0.2, 0) is 13.6 Å². The Morgan fingerprint density at radius 3 is 1.89 bits per heavy atom. The first-order chi connectivity index (χ1) is 8.47. The molecule has 2 N–H and O–H groups in total. The zero-order valence-corrected chi connectivity index (χ0v) is 16.8. The van der Waals surface area contributed by atoms with Crippen molar-refractivity contribution in [1.29, 1.82) is 0 Å². The minimum absolute atomic E-state index is 0.0429. The maximum atomic E-state index is 12.3. The standard InChI is InChI=1S/C8H16Br4NO4P/c9-3-7(11)5-16-18(15,13-1-2-14)17-6-8(12)4-10/h7-8,14H,1-6H2,(H,13,15)/t7-,8-/m1/s1. The fourth-order valence-electron chi connectivity index (χ4n) is 0.763. The molecule has 0 rings (SSSR count). The number of aliphatic hydroxyl groups excluding tert-OH is 1. The molecule has 0 amide bonds. The number of rotatable bonds is 11. The first kappa shape index (κ1) is 20.0.